The number of benzene rings is 1. The van der Waals surface area contributed by atoms with E-state index in [0.29, 0.717) is 11.5 Å². The summed E-state index contributed by atoms with van der Waals surface area (Å²) in [4.78, 5) is 0. The second-order valence-electron chi connectivity index (χ2n) is 4.35. The van der Waals surface area contributed by atoms with Crippen molar-refractivity contribution in [2.75, 3.05) is 0 Å². The Labute approximate surface area is 104 Å². The highest BCUT2D eigenvalue weighted by Gasteiger charge is 2.27. The van der Waals surface area contributed by atoms with E-state index in [-0.39, 0.29) is 11.9 Å². The van der Waals surface area contributed by atoms with E-state index in [1.807, 2.05) is 6.07 Å². The molecule has 0 heterocycles. The van der Waals surface area contributed by atoms with Crippen molar-refractivity contribution in [2.24, 2.45) is 11.8 Å². The van der Waals surface area contributed by atoms with Crippen molar-refractivity contribution in [3.05, 3.63) is 34.1 Å². The molecule has 1 atom stereocenters. The summed E-state index contributed by atoms with van der Waals surface area (Å²) in [5.41, 5.74) is 3.44. The molecule has 1 aromatic carbocycles. The first-order valence-electron chi connectivity index (χ1n) is 5.63. The minimum absolute atomic E-state index is 0.0694. The molecule has 1 saturated carbocycles. The SMILES string of the molecule is NNC(c1cc(Br)ccc1F)C1CCCC1. The van der Waals surface area contributed by atoms with Crippen LogP contribution in [0.1, 0.15) is 37.3 Å². The molecular weight excluding hydrogens is 271 g/mol. The standard InChI is InChI=1S/C12H16BrFN2/c13-9-5-6-11(14)10(7-9)12(16-15)8-3-1-2-4-8/h5-8,12,16H,1-4,15H2. The van der Waals surface area contributed by atoms with Gasteiger partial charge in [-0.05, 0) is 37.0 Å². The molecule has 1 aromatic rings. The minimum atomic E-state index is -0.182. The summed E-state index contributed by atoms with van der Waals surface area (Å²) in [5.74, 6) is 5.84. The zero-order valence-corrected chi connectivity index (χ0v) is 10.6. The third kappa shape index (κ3) is 2.44. The molecule has 2 nitrogen and oxygen atoms in total. The van der Waals surface area contributed by atoms with Crippen molar-refractivity contribution in [3.8, 4) is 0 Å². The van der Waals surface area contributed by atoms with Gasteiger partial charge < -0.3 is 0 Å². The number of nitrogens with two attached hydrogens (primary N) is 1. The van der Waals surface area contributed by atoms with Crippen LogP contribution in [0.5, 0.6) is 0 Å². The molecule has 3 N–H and O–H groups in total. The summed E-state index contributed by atoms with van der Waals surface area (Å²) < 4.78 is 14.6. The van der Waals surface area contributed by atoms with Crippen LogP contribution in [0.25, 0.3) is 0 Å². The van der Waals surface area contributed by atoms with Gasteiger partial charge in [0.05, 0.1) is 6.04 Å². The topological polar surface area (TPSA) is 38.0 Å². The maximum absolute atomic E-state index is 13.7. The van der Waals surface area contributed by atoms with Gasteiger partial charge in [0, 0.05) is 10.0 Å². The zero-order chi connectivity index (χ0) is 11.5. The summed E-state index contributed by atoms with van der Waals surface area (Å²) in [5, 5.41) is 0. The largest absolute Gasteiger partial charge is 0.271 e. The van der Waals surface area contributed by atoms with Crippen molar-refractivity contribution in [1.29, 1.82) is 0 Å². The van der Waals surface area contributed by atoms with Gasteiger partial charge in [-0.2, -0.15) is 0 Å². The number of hydrazine groups is 1. The van der Waals surface area contributed by atoms with Gasteiger partial charge in [0.1, 0.15) is 5.82 Å². The molecule has 1 aliphatic carbocycles. The zero-order valence-electron chi connectivity index (χ0n) is 9.05. The molecule has 2 rings (SSSR count). The fraction of sp³-hybridized carbons (Fsp3) is 0.500. The quantitative estimate of drug-likeness (QED) is 0.661. The summed E-state index contributed by atoms with van der Waals surface area (Å²) >= 11 is 3.37. The van der Waals surface area contributed by atoms with Gasteiger partial charge >= 0.3 is 0 Å². The van der Waals surface area contributed by atoms with Crippen molar-refractivity contribution in [1.82, 2.24) is 5.43 Å². The fourth-order valence-electron chi connectivity index (χ4n) is 2.52. The summed E-state index contributed by atoms with van der Waals surface area (Å²) in [6.07, 6.45) is 4.69. The molecule has 0 bridgehead atoms. The number of nitrogens with one attached hydrogen (secondary N) is 1. The predicted octanol–water partition coefficient (Wildman–Crippen LogP) is 3.28. The smallest absolute Gasteiger partial charge is 0.128 e. The molecule has 0 aromatic heterocycles. The van der Waals surface area contributed by atoms with Crippen LogP contribution in [0.3, 0.4) is 0 Å². The fourth-order valence-corrected chi connectivity index (χ4v) is 2.90. The number of hydrogen-bond donors (Lipinski definition) is 2. The van der Waals surface area contributed by atoms with Crippen LogP contribution in [0.2, 0.25) is 0 Å². The third-order valence-electron chi connectivity index (χ3n) is 3.34. The molecule has 1 aliphatic rings. The van der Waals surface area contributed by atoms with Crippen molar-refractivity contribution in [3.63, 3.8) is 0 Å². The first-order chi connectivity index (χ1) is 7.72. The Bertz CT molecular complexity index is 364. The second kappa shape index (κ2) is 5.25. The van der Waals surface area contributed by atoms with Gasteiger partial charge in [-0.3, -0.25) is 11.3 Å². The lowest BCUT2D eigenvalue weighted by Crippen LogP contribution is -2.33. The van der Waals surface area contributed by atoms with E-state index in [4.69, 9.17) is 5.84 Å². The van der Waals surface area contributed by atoms with Crippen LogP contribution in [0.15, 0.2) is 22.7 Å². The van der Waals surface area contributed by atoms with Gasteiger partial charge in [0.2, 0.25) is 0 Å². The van der Waals surface area contributed by atoms with E-state index in [1.54, 1.807) is 6.07 Å². The maximum atomic E-state index is 13.7. The number of hydrogen-bond acceptors (Lipinski definition) is 2. The van der Waals surface area contributed by atoms with Crippen molar-refractivity contribution in [2.45, 2.75) is 31.7 Å². The lowest BCUT2D eigenvalue weighted by atomic mass is 9.92. The molecule has 1 unspecified atom stereocenters. The molecule has 16 heavy (non-hydrogen) atoms. The van der Waals surface area contributed by atoms with Crippen molar-refractivity contribution < 1.29 is 4.39 Å². The normalized spacial score (nSPS) is 18.9. The van der Waals surface area contributed by atoms with E-state index >= 15 is 0 Å². The van der Waals surface area contributed by atoms with Gasteiger partial charge in [-0.1, -0.05) is 28.8 Å². The van der Waals surface area contributed by atoms with Crippen LogP contribution in [0.4, 0.5) is 4.39 Å². The lowest BCUT2D eigenvalue weighted by Gasteiger charge is -2.23. The molecule has 0 radical (unpaired) electrons. The van der Waals surface area contributed by atoms with Crippen LogP contribution < -0.4 is 11.3 Å². The van der Waals surface area contributed by atoms with E-state index in [0.717, 1.165) is 17.3 Å². The highest BCUT2D eigenvalue weighted by molar-refractivity contribution is 9.10. The summed E-state index contributed by atoms with van der Waals surface area (Å²) in [6.45, 7) is 0. The molecule has 0 spiro atoms. The predicted molar refractivity (Wildman–Crippen MR) is 66.1 cm³/mol. The average molecular weight is 287 g/mol. The van der Waals surface area contributed by atoms with E-state index < -0.39 is 0 Å². The number of rotatable bonds is 3. The third-order valence-corrected chi connectivity index (χ3v) is 3.84. The van der Waals surface area contributed by atoms with Gasteiger partial charge in [0.15, 0.2) is 0 Å². The Hall–Kier alpha value is -0.450. The summed E-state index contributed by atoms with van der Waals surface area (Å²) in [6, 6.07) is 4.94. The molecule has 1 fully saturated rings. The van der Waals surface area contributed by atoms with E-state index in [2.05, 4.69) is 21.4 Å². The molecule has 0 amide bonds. The van der Waals surface area contributed by atoms with E-state index in [1.165, 1.54) is 18.9 Å². The van der Waals surface area contributed by atoms with Crippen LogP contribution in [0, 0.1) is 11.7 Å². The van der Waals surface area contributed by atoms with Crippen LogP contribution in [-0.2, 0) is 0 Å². The molecule has 88 valence electrons. The Kier molecular flexibility index (Phi) is 3.95. The first kappa shape index (κ1) is 12.0. The molecule has 4 heteroatoms. The Morgan fingerprint density at radius 2 is 2.06 bits per heavy atom. The Morgan fingerprint density at radius 1 is 1.38 bits per heavy atom. The lowest BCUT2D eigenvalue weighted by molar-refractivity contribution is 0.362. The summed E-state index contributed by atoms with van der Waals surface area (Å²) in [7, 11) is 0. The van der Waals surface area contributed by atoms with Crippen LogP contribution >= 0.6 is 15.9 Å². The molecule has 0 saturated heterocycles. The van der Waals surface area contributed by atoms with Crippen LogP contribution in [-0.4, -0.2) is 0 Å². The molecule has 0 aliphatic heterocycles. The first-order valence-corrected chi connectivity index (χ1v) is 6.42. The number of halogens is 2. The Balaban J connectivity index is 2.28. The monoisotopic (exact) mass is 286 g/mol. The molecular formula is C12H16BrFN2. The maximum Gasteiger partial charge on any atom is 0.128 e. The van der Waals surface area contributed by atoms with Gasteiger partial charge in [-0.15, -0.1) is 0 Å². The van der Waals surface area contributed by atoms with Gasteiger partial charge in [-0.25, -0.2) is 4.39 Å². The average Bonchev–Trinajstić information content (AvgIpc) is 2.78. The minimum Gasteiger partial charge on any atom is -0.271 e. The Morgan fingerprint density at radius 3 is 2.69 bits per heavy atom. The highest BCUT2D eigenvalue weighted by atomic mass is 79.9. The van der Waals surface area contributed by atoms with Crippen molar-refractivity contribution >= 4 is 15.9 Å². The van der Waals surface area contributed by atoms with E-state index in [9.17, 15) is 4.39 Å². The highest BCUT2D eigenvalue weighted by Crippen LogP contribution is 2.36. The second-order valence-corrected chi connectivity index (χ2v) is 5.27. The van der Waals surface area contributed by atoms with Gasteiger partial charge in [0.25, 0.3) is 0 Å².